The first-order valence-electron chi connectivity index (χ1n) is 10.2. The van der Waals surface area contributed by atoms with Crippen LogP contribution in [0, 0.1) is 13.8 Å². The molecule has 0 aliphatic heterocycles. The van der Waals surface area contributed by atoms with Crippen LogP contribution in [0.4, 0.5) is 0 Å². The molecule has 7 nitrogen and oxygen atoms in total. The average Bonchev–Trinajstić information content (AvgIpc) is 3.05. The molecule has 31 heavy (non-hydrogen) atoms. The van der Waals surface area contributed by atoms with Gasteiger partial charge >= 0.3 is 0 Å². The maximum atomic E-state index is 12.4. The summed E-state index contributed by atoms with van der Waals surface area (Å²) in [5.41, 5.74) is 4.58. The highest BCUT2D eigenvalue weighted by Crippen LogP contribution is 2.14. The summed E-state index contributed by atoms with van der Waals surface area (Å²) in [6.45, 7) is 7.98. The van der Waals surface area contributed by atoms with E-state index in [0.29, 0.717) is 18.5 Å². The van der Waals surface area contributed by atoms with Gasteiger partial charge in [0.2, 0.25) is 10.0 Å². The summed E-state index contributed by atoms with van der Waals surface area (Å²) in [5, 5.41) is 7.36. The van der Waals surface area contributed by atoms with Crippen molar-refractivity contribution in [1.29, 1.82) is 0 Å². The lowest BCUT2D eigenvalue weighted by molar-refractivity contribution is 0.0954. The van der Waals surface area contributed by atoms with Gasteiger partial charge in [0.25, 0.3) is 5.91 Å². The summed E-state index contributed by atoms with van der Waals surface area (Å²) in [6.07, 6.45) is 0.688. The highest BCUT2D eigenvalue weighted by atomic mass is 32.2. The Hall–Kier alpha value is -2.97. The van der Waals surface area contributed by atoms with Crippen molar-refractivity contribution in [1.82, 2.24) is 19.8 Å². The number of aromatic nitrogens is 2. The van der Waals surface area contributed by atoms with Gasteiger partial charge in [-0.2, -0.15) is 5.10 Å². The van der Waals surface area contributed by atoms with Gasteiger partial charge in [0.05, 0.1) is 16.3 Å². The largest absolute Gasteiger partial charge is 0.352 e. The van der Waals surface area contributed by atoms with Crippen LogP contribution in [0.5, 0.6) is 0 Å². The normalized spacial score (nSPS) is 11.6. The zero-order valence-electron chi connectivity index (χ0n) is 18.2. The van der Waals surface area contributed by atoms with Crippen LogP contribution < -0.4 is 10.0 Å². The van der Waals surface area contributed by atoms with E-state index in [1.54, 1.807) is 13.8 Å². The number of rotatable bonds is 8. The first-order valence-corrected chi connectivity index (χ1v) is 11.7. The molecule has 0 radical (unpaired) electrons. The molecule has 2 aromatic carbocycles. The van der Waals surface area contributed by atoms with E-state index in [1.165, 1.54) is 24.3 Å². The van der Waals surface area contributed by atoms with Gasteiger partial charge < -0.3 is 5.32 Å². The fraction of sp³-hybridized carbons (Fsp3) is 0.304. The number of hydrogen-bond acceptors (Lipinski definition) is 4. The van der Waals surface area contributed by atoms with E-state index in [0.717, 1.165) is 22.6 Å². The molecular weight excluding hydrogens is 412 g/mol. The van der Waals surface area contributed by atoms with E-state index in [9.17, 15) is 13.2 Å². The van der Waals surface area contributed by atoms with Gasteiger partial charge in [0.15, 0.2) is 0 Å². The Morgan fingerprint density at radius 1 is 1.03 bits per heavy atom. The predicted octanol–water partition coefficient (Wildman–Crippen LogP) is 3.15. The van der Waals surface area contributed by atoms with Crippen molar-refractivity contribution in [3.8, 4) is 5.69 Å². The van der Waals surface area contributed by atoms with Crippen molar-refractivity contribution < 1.29 is 13.2 Å². The number of nitrogens with zero attached hydrogens (tertiary/aromatic N) is 2. The van der Waals surface area contributed by atoms with E-state index < -0.39 is 10.0 Å². The third-order valence-corrected chi connectivity index (χ3v) is 6.38. The summed E-state index contributed by atoms with van der Waals surface area (Å²) in [7, 11) is -3.57. The molecule has 0 aliphatic rings. The number of hydrogen-bond donors (Lipinski definition) is 2. The second kappa shape index (κ2) is 9.45. The van der Waals surface area contributed by atoms with Crippen LogP contribution in [-0.4, -0.2) is 36.7 Å². The van der Waals surface area contributed by atoms with Gasteiger partial charge in [-0.05, 0) is 82.1 Å². The van der Waals surface area contributed by atoms with E-state index in [4.69, 9.17) is 0 Å². The minimum Gasteiger partial charge on any atom is -0.352 e. The van der Waals surface area contributed by atoms with Crippen LogP contribution in [0.1, 0.15) is 41.2 Å². The SMILES string of the molecule is Cc1cc(C)n(-c2ccc(CCNC(=O)c3ccc(S(=O)(=O)NC(C)C)cc3)cc2)n1. The summed E-state index contributed by atoms with van der Waals surface area (Å²) < 4.78 is 28.8. The van der Waals surface area contributed by atoms with Crippen molar-refractivity contribution in [3.05, 3.63) is 77.1 Å². The van der Waals surface area contributed by atoms with E-state index in [-0.39, 0.29) is 16.8 Å². The molecule has 0 spiro atoms. The van der Waals surface area contributed by atoms with Crippen molar-refractivity contribution in [3.63, 3.8) is 0 Å². The highest BCUT2D eigenvalue weighted by Gasteiger charge is 2.16. The van der Waals surface area contributed by atoms with Gasteiger partial charge in [-0.1, -0.05) is 12.1 Å². The van der Waals surface area contributed by atoms with Gasteiger partial charge in [-0.15, -0.1) is 0 Å². The zero-order chi connectivity index (χ0) is 22.6. The molecule has 0 unspecified atom stereocenters. The van der Waals surface area contributed by atoms with Gasteiger partial charge in [0.1, 0.15) is 0 Å². The summed E-state index contributed by atoms with van der Waals surface area (Å²) >= 11 is 0. The van der Waals surface area contributed by atoms with Crippen LogP contribution in [0.3, 0.4) is 0 Å². The molecule has 1 amide bonds. The first-order chi connectivity index (χ1) is 14.7. The molecule has 3 aromatic rings. The minimum atomic E-state index is -3.57. The number of nitrogens with one attached hydrogen (secondary N) is 2. The van der Waals surface area contributed by atoms with Crippen LogP contribution in [-0.2, 0) is 16.4 Å². The molecule has 3 rings (SSSR count). The lowest BCUT2D eigenvalue weighted by Crippen LogP contribution is -2.30. The molecule has 0 aliphatic carbocycles. The smallest absolute Gasteiger partial charge is 0.251 e. The van der Waals surface area contributed by atoms with E-state index in [1.807, 2.05) is 48.9 Å². The van der Waals surface area contributed by atoms with Crippen molar-refractivity contribution in [2.24, 2.45) is 0 Å². The van der Waals surface area contributed by atoms with E-state index >= 15 is 0 Å². The molecule has 1 heterocycles. The van der Waals surface area contributed by atoms with Gasteiger partial charge in [-0.25, -0.2) is 17.8 Å². The maximum absolute atomic E-state index is 12.4. The lowest BCUT2D eigenvalue weighted by Gasteiger charge is -2.10. The fourth-order valence-corrected chi connectivity index (χ4v) is 4.53. The van der Waals surface area contributed by atoms with Crippen LogP contribution >= 0.6 is 0 Å². The lowest BCUT2D eigenvalue weighted by atomic mass is 10.1. The number of carbonyl (C=O) groups is 1. The van der Waals surface area contributed by atoms with Crippen molar-refractivity contribution >= 4 is 15.9 Å². The van der Waals surface area contributed by atoms with Crippen LogP contribution in [0.2, 0.25) is 0 Å². The van der Waals surface area contributed by atoms with Gasteiger partial charge in [-0.3, -0.25) is 4.79 Å². The topological polar surface area (TPSA) is 93.1 Å². The molecular formula is C23H28N4O3S. The quantitative estimate of drug-likeness (QED) is 0.563. The molecule has 164 valence electrons. The molecule has 8 heteroatoms. The van der Waals surface area contributed by atoms with E-state index in [2.05, 4.69) is 15.1 Å². The number of aryl methyl sites for hydroxylation is 2. The average molecular weight is 441 g/mol. The molecule has 0 fully saturated rings. The second-order valence-electron chi connectivity index (χ2n) is 7.81. The minimum absolute atomic E-state index is 0.139. The Kier molecular flexibility index (Phi) is 6.92. The third kappa shape index (κ3) is 5.80. The molecule has 2 N–H and O–H groups in total. The molecule has 0 bridgehead atoms. The Bertz CT molecular complexity index is 1150. The molecule has 0 saturated carbocycles. The zero-order valence-corrected chi connectivity index (χ0v) is 19.0. The maximum Gasteiger partial charge on any atom is 0.251 e. The van der Waals surface area contributed by atoms with Gasteiger partial charge in [0, 0.05) is 23.8 Å². The monoisotopic (exact) mass is 440 g/mol. The number of benzene rings is 2. The number of amides is 1. The highest BCUT2D eigenvalue weighted by molar-refractivity contribution is 7.89. The third-order valence-electron chi connectivity index (χ3n) is 4.71. The standard InChI is InChI=1S/C23H28N4O3S/c1-16(2)26-31(29,30)22-11-7-20(8-12-22)23(28)24-14-13-19-5-9-21(10-6-19)27-18(4)15-17(3)25-27/h5-12,15-16,26H,13-14H2,1-4H3,(H,24,28). The molecule has 0 atom stereocenters. The summed E-state index contributed by atoms with van der Waals surface area (Å²) in [6, 6.07) is 15.8. The number of sulfonamides is 1. The Balaban J connectivity index is 1.55. The Labute approximate surface area is 183 Å². The number of carbonyl (C=O) groups excluding carboxylic acids is 1. The molecule has 1 aromatic heterocycles. The summed E-state index contributed by atoms with van der Waals surface area (Å²) in [5.74, 6) is -0.236. The molecule has 0 saturated heterocycles. The van der Waals surface area contributed by atoms with Crippen LogP contribution in [0.25, 0.3) is 5.69 Å². The first kappa shape index (κ1) is 22.7. The fourth-order valence-electron chi connectivity index (χ4n) is 3.28. The van der Waals surface area contributed by atoms with Crippen molar-refractivity contribution in [2.45, 2.75) is 45.1 Å². The Morgan fingerprint density at radius 2 is 1.68 bits per heavy atom. The van der Waals surface area contributed by atoms with Crippen molar-refractivity contribution in [2.75, 3.05) is 6.54 Å². The Morgan fingerprint density at radius 3 is 2.23 bits per heavy atom. The predicted molar refractivity (Wildman–Crippen MR) is 121 cm³/mol. The summed E-state index contributed by atoms with van der Waals surface area (Å²) in [4.78, 5) is 12.5. The van der Waals surface area contributed by atoms with Crippen LogP contribution in [0.15, 0.2) is 59.5 Å². The second-order valence-corrected chi connectivity index (χ2v) is 9.53.